The standard InChI is InChI=1S/C24H38/c1-7-9-11-13-19-23(3,4)21-15-17-22(18-16-21)24(5,6)20-14-12-10-8-2/h7-8,15-18H,1-2,9-14,19-20H2,3-6H3. The van der Waals surface area contributed by atoms with Gasteiger partial charge >= 0.3 is 0 Å². The van der Waals surface area contributed by atoms with E-state index in [0.29, 0.717) is 0 Å². The molecule has 0 aliphatic carbocycles. The molecule has 1 aromatic rings. The summed E-state index contributed by atoms with van der Waals surface area (Å²) in [6.07, 6.45) is 13.9. The summed E-state index contributed by atoms with van der Waals surface area (Å²) in [5.41, 5.74) is 3.45. The van der Waals surface area contributed by atoms with E-state index >= 15 is 0 Å². The van der Waals surface area contributed by atoms with Crippen LogP contribution in [0.25, 0.3) is 0 Å². The number of hydrogen-bond acceptors (Lipinski definition) is 0. The Morgan fingerprint density at radius 1 is 0.667 bits per heavy atom. The van der Waals surface area contributed by atoms with E-state index in [1.54, 1.807) is 0 Å². The van der Waals surface area contributed by atoms with E-state index in [1.807, 2.05) is 12.2 Å². The predicted octanol–water partition coefficient (Wildman–Crippen LogP) is 7.73. The maximum atomic E-state index is 3.81. The van der Waals surface area contributed by atoms with Gasteiger partial charge in [0, 0.05) is 0 Å². The van der Waals surface area contributed by atoms with Gasteiger partial charge in [0.1, 0.15) is 0 Å². The van der Waals surface area contributed by atoms with Gasteiger partial charge in [0.2, 0.25) is 0 Å². The molecule has 0 unspecified atom stereocenters. The normalized spacial score (nSPS) is 12.2. The lowest BCUT2D eigenvalue weighted by molar-refractivity contribution is 0.445. The van der Waals surface area contributed by atoms with Gasteiger partial charge in [-0.3, -0.25) is 0 Å². The number of allylic oxidation sites excluding steroid dienone is 2. The minimum atomic E-state index is 0.258. The molecule has 1 rings (SSSR count). The molecule has 0 aromatic heterocycles. The molecule has 0 radical (unpaired) electrons. The molecule has 24 heavy (non-hydrogen) atoms. The molecule has 0 aliphatic heterocycles. The number of unbranched alkanes of at least 4 members (excludes halogenated alkanes) is 4. The molecule has 0 bridgehead atoms. The summed E-state index contributed by atoms with van der Waals surface area (Å²) in [5, 5.41) is 0. The van der Waals surface area contributed by atoms with Crippen LogP contribution in [0.4, 0.5) is 0 Å². The van der Waals surface area contributed by atoms with Crippen LogP contribution in [0, 0.1) is 0 Å². The lowest BCUT2D eigenvalue weighted by Gasteiger charge is -2.29. The van der Waals surface area contributed by atoms with Gasteiger partial charge in [-0.2, -0.15) is 0 Å². The van der Waals surface area contributed by atoms with Gasteiger partial charge in [0.15, 0.2) is 0 Å². The van der Waals surface area contributed by atoms with Crippen molar-refractivity contribution in [2.45, 2.75) is 89.9 Å². The SMILES string of the molecule is C=CCCCCC(C)(C)c1ccc(C(C)(C)CCCCC=C)cc1. The maximum Gasteiger partial charge on any atom is -0.0104 e. The van der Waals surface area contributed by atoms with Crippen LogP contribution in [0.1, 0.15) is 90.2 Å². The van der Waals surface area contributed by atoms with Gasteiger partial charge in [-0.1, -0.05) is 77.0 Å². The Morgan fingerprint density at radius 2 is 1.00 bits per heavy atom. The van der Waals surface area contributed by atoms with Crippen molar-refractivity contribution < 1.29 is 0 Å². The first-order valence-electron chi connectivity index (χ1n) is 9.66. The van der Waals surface area contributed by atoms with Crippen molar-refractivity contribution in [3.05, 3.63) is 60.7 Å². The Bertz CT molecular complexity index is 440. The van der Waals surface area contributed by atoms with Crippen LogP contribution < -0.4 is 0 Å². The van der Waals surface area contributed by atoms with Crippen LogP contribution in [0.3, 0.4) is 0 Å². The molecule has 0 nitrogen and oxygen atoms in total. The topological polar surface area (TPSA) is 0 Å². The Labute approximate surface area is 151 Å². The molecule has 0 aliphatic rings. The van der Waals surface area contributed by atoms with Gasteiger partial charge in [0.25, 0.3) is 0 Å². The molecule has 0 amide bonds. The first-order chi connectivity index (χ1) is 11.3. The van der Waals surface area contributed by atoms with Crippen molar-refractivity contribution in [3.63, 3.8) is 0 Å². The van der Waals surface area contributed by atoms with E-state index in [-0.39, 0.29) is 10.8 Å². The molecule has 134 valence electrons. The molecular weight excluding hydrogens is 288 g/mol. The summed E-state index contributed by atoms with van der Waals surface area (Å²) in [6, 6.07) is 9.42. The highest BCUT2D eigenvalue weighted by molar-refractivity contribution is 5.31. The summed E-state index contributed by atoms with van der Waals surface area (Å²) in [7, 11) is 0. The molecule has 0 saturated heterocycles. The number of benzene rings is 1. The molecule has 0 spiro atoms. The summed E-state index contributed by atoms with van der Waals surface area (Å²) >= 11 is 0. The van der Waals surface area contributed by atoms with Crippen molar-refractivity contribution in [1.82, 2.24) is 0 Å². The van der Waals surface area contributed by atoms with E-state index < -0.39 is 0 Å². The van der Waals surface area contributed by atoms with Crippen LogP contribution >= 0.6 is 0 Å². The average Bonchev–Trinajstić information content (AvgIpc) is 2.56. The van der Waals surface area contributed by atoms with Crippen LogP contribution in [0.2, 0.25) is 0 Å². The Morgan fingerprint density at radius 3 is 1.29 bits per heavy atom. The quantitative estimate of drug-likeness (QED) is 0.272. The molecule has 0 atom stereocenters. The summed E-state index contributed by atoms with van der Waals surface area (Å²) < 4.78 is 0. The molecule has 1 aromatic carbocycles. The van der Waals surface area contributed by atoms with Crippen LogP contribution in [0.15, 0.2) is 49.6 Å². The Hall–Kier alpha value is -1.30. The van der Waals surface area contributed by atoms with Crippen LogP contribution in [-0.2, 0) is 10.8 Å². The van der Waals surface area contributed by atoms with Gasteiger partial charge in [-0.05, 0) is 60.5 Å². The lowest BCUT2D eigenvalue weighted by atomic mass is 9.76. The Kier molecular flexibility index (Phi) is 8.53. The van der Waals surface area contributed by atoms with E-state index in [1.165, 1.54) is 49.7 Å². The van der Waals surface area contributed by atoms with Crippen molar-refractivity contribution >= 4 is 0 Å². The molecule has 0 heteroatoms. The zero-order valence-corrected chi connectivity index (χ0v) is 16.5. The van der Waals surface area contributed by atoms with Gasteiger partial charge in [-0.15, -0.1) is 13.2 Å². The van der Waals surface area contributed by atoms with E-state index in [2.05, 4.69) is 65.1 Å². The zero-order valence-electron chi connectivity index (χ0n) is 16.5. The molecule has 0 heterocycles. The first kappa shape index (κ1) is 20.7. The van der Waals surface area contributed by atoms with Gasteiger partial charge in [0.05, 0.1) is 0 Å². The molecule has 0 fully saturated rings. The summed E-state index contributed by atoms with van der Waals surface area (Å²) in [5.74, 6) is 0. The van der Waals surface area contributed by atoms with E-state index in [4.69, 9.17) is 0 Å². The second-order valence-corrected chi connectivity index (χ2v) is 8.41. The van der Waals surface area contributed by atoms with E-state index in [9.17, 15) is 0 Å². The van der Waals surface area contributed by atoms with Crippen molar-refractivity contribution in [2.24, 2.45) is 0 Å². The summed E-state index contributed by atoms with van der Waals surface area (Å²) in [6.45, 7) is 17.1. The smallest absolute Gasteiger partial charge is 0.0104 e. The average molecular weight is 327 g/mol. The molecule has 0 N–H and O–H groups in total. The van der Waals surface area contributed by atoms with Gasteiger partial charge < -0.3 is 0 Å². The predicted molar refractivity (Wildman–Crippen MR) is 110 cm³/mol. The minimum Gasteiger partial charge on any atom is -0.103 e. The number of hydrogen-bond donors (Lipinski definition) is 0. The van der Waals surface area contributed by atoms with Crippen molar-refractivity contribution in [3.8, 4) is 0 Å². The molecule has 0 saturated carbocycles. The fourth-order valence-corrected chi connectivity index (χ4v) is 3.37. The fourth-order valence-electron chi connectivity index (χ4n) is 3.37. The van der Waals surface area contributed by atoms with Crippen LogP contribution in [0.5, 0.6) is 0 Å². The Balaban J connectivity index is 2.65. The minimum absolute atomic E-state index is 0.258. The van der Waals surface area contributed by atoms with Gasteiger partial charge in [-0.25, -0.2) is 0 Å². The third kappa shape index (κ3) is 6.67. The highest BCUT2D eigenvalue weighted by Gasteiger charge is 2.23. The highest BCUT2D eigenvalue weighted by atomic mass is 14.3. The maximum absolute atomic E-state index is 3.81. The highest BCUT2D eigenvalue weighted by Crippen LogP contribution is 2.33. The molecular formula is C24H38. The largest absolute Gasteiger partial charge is 0.103 e. The number of rotatable bonds is 12. The third-order valence-electron chi connectivity index (χ3n) is 5.37. The third-order valence-corrected chi connectivity index (χ3v) is 5.37. The second-order valence-electron chi connectivity index (χ2n) is 8.41. The van der Waals surface area contributed by atoms with Crippen molar-refractivity contribution in [1.29, 1.82) is 0 Å². The van der Waals surface area contributed by atoms with Crippen LogP contribution in [-0.4, -0.2) is 0 Å². The second kappa shape index (κ2) is 9.87. The monoisotopic (exact) mass is 326 g/mol. The van der Waals surface area contributed by atoms with E-state index in [0.717, 1.165) is 12.8 Å². The zero-order chi connectivity index (χ0) is 18.1. The summed E-state index contributed by atoms with van der Waals surface area (Å²) in [4.78, 5) is 0. The first-order valence-corrected chi connectivity index (χ1v) is 9.66. The lowest BCUT2D eigenvalue weighted by Crippen LogP contribution is -2.19. The van der Waals surface area contributed by atoms with Crippen molar-refractivity contribution in [2.75, 3.05) is 0 Å². The fraction of sp³-hybridized carbons (Fsp3) is 0.583.